The summed E-state index contributed by atoms with van der Waals surface area (Å²) in [4.78, 5) is 4.39. The minimum absolute atomic E-state index is 0.186. The lowest BCUT2D eigenvalue weighted by atomic mass is 10.2. The lowest BCUT2D eigenvalue weighted by Crippen LogP contribution is -2.09. The van der Waals surface area contributed by atoms with Crippen molar-refractivity contribution in [2.75, 3.05) is 5.73 Å². The zero-order valence-corrected chi connectivity index (χ0v) is 14.0. The van der Waals surface area contributed by atoms with Crippen LogP contribution in [0.2, 0.25) is 0 Å². The Bertz CT molecular complexity index is 1120. The van der Waals surface area contributed by atoms with Gasteiger partial charge in [-0.05, 0) is 24.3 Å². The lowest BCUT2D eigenvalue weighted by molar-refractivity contribution is -0.140. The highest BCUT2D eigenvalue weighted by molar-refractivity contribution is 5.82. The van der Waals surface area contributed by atoms with E-state index >= 15 is 0 Å². The van der Waals surface area contributed by atoms with E-state index in [1.165, 1.54) is 7.05 Å². The molecule has 0 saturated carbocycles. The number of halogens is 3. The van der Waals surface area contributed by atoms with E-state index in [2.05, 4.69) is 10.1 Å². The molecule has 0 radical (unpaired) electrons. The van der Waals surface area contributed by atoms with E-state index in [0.717, 1.165) is 10.2 Å². The van der Waals surface area contributed by atoms with Gasteiger partial charge in [0.05, 0.1) is 0 Å². The summed E-state index contributed by atoms with van der Waals surface area (Å²) in [6.45, 7) is 0. The smallest absolute Gasteiger partial charge is 0.433 e. The Balaban J connectivity index is 1.78. The number of oxazole rings is 1. The highest BCUT2D eigenvalue weighted by atomic mass is 19.4. The van der Waals surface area contributed by atoms with Gasteiger partial charge in [0.15, 0.2) is 17.0 Å². The van der Waals surface area contributed by atoms with Gasteiger partial charge in [-0.1, -0.05) is 24.3 Å². The molecule has 4 rings (SSSR count). The van der Waals surface area contributed by atoms with Crippen LogP contribution >= 0.6 is 0 Å². The minimum Gasteiger partial charge on any atom is -0.433 e. The number of ether oxygens (including phenoxy) is 1. The van der Waals surface area contributed by atoms with Gasteiger partial charge in [-0.25, -0.2) is 9.67 Å². The maximum Gasteiger partial charge on any atom is 0.437 e. The Morgan fingerprint density at radius 2 is 1.81 bits per heavy atom. The van der Waals surface area contributed by atoms with Crippen LogP contribution in [-0.2, 0) is 13.2 Å². The molecule has 0 spiro atoms. The van der Waals surface area contributed by atoms with Gasteiger partial charge in [0.2, 0.25) is 11.8 Å². The van der Waals surface area contributed by atoms with Gasteiger partial charge in [0.1, 0.15) is 11.2 Å². The quantitative estimate of drug-likeness (QED) is 0.566. The first-order chi connectivity index (χ1) is 12.8. The Morgan fingerprint density at radius 1 is 1.07 bits per heavy atom. The Labute approximate surface area is 151 Å². The molecule has 138 valence electrons. The summed E-state index contributed by atoms with van der Waals surface area (Å²) in [5.74, 6) is 0.328. The summed E-state index contributed by atoms with van der Waals surface area (Å²) in [7, 11) is 1.32. The third kappa shape index (κ3) is 2.97. The first-order valence-corrected chi connectivity index (χ1v) is 7.87. The molecule has 2 aromatic heterocycles. The summed E-state index contributed by atoms with van der Waals surface area (Å²) >= 11 is 0. The molecular formula is C18H13F3N4O2. The average Bonchev–Trinajstić information content (AvgIpc) is 3.19. The first kappa shape index (κ1) is 17.0. The molecule has 0 bridgehead atoms. The number of rotatable bonds is 3. The van der Waals surface area contributed by atoms with E-state index in [0.29, 0.717) is 17.0 Å². The molecule has 27 heavy (non-hydrogen) atoms. The van der Waals surface area contributed by atoms with Crippen LogP contribution in [0.5, 0.6) is 11.6 Å². The molecule has 0 amide bonds. The van der Waals surface area contributed by atoms with E-state index in [1.54, 1.807) is 18.2 Å². The number of hydrogen-bond donors (Lipinski definition) is 1. The lowest BCUT2D eigenvalue weighted by Gasteiger charge is -2.07. The van der Waals surface area contributed by atoms with Crippen molar-refractivity contribution in [3.05, 3.63) is 54.2 Å². The number of anilines is 1. The number of alkyl halides is 3. The molecule has 9 heteroatoms. The maximum absolute atomic E-state index is 13.0. The number of aryl methyl sites for hydroxylation is 1. The molecule has 0 aliphatic carbocycles. The second-order valence-corrected chi connectivity index (χ2v) is 5.78. The number of benzene rings is 2. The molecule has 0 saturated heterocycles. The van der Waals surface area contributed by atoms with Crippen LogP contribution in [0.15, 0.2) is 52.9 Å². The number of aromatic nitrogens is 3. The van der Waals surface area contributed by atoms with Crippen molar-refractivity contribution in [3.8, 4) is 23.1 Å². The summed E-state index contributed by atoms with van der Waals surface area (Å²) in [6, 6.07) is 14.2. The van der Waals surface area contributed by atoms with Crippen molar-refractivity contribution in [1.29, 1.82) is 0 Å². The molecule has 2 aromatic carbocycles. The Morgan fingerprint density at radius 3 is 2.48 bits per heavy atom. The fraction of sp³-hybridized carbons (Fsp3) is 0.111. The molecule has 4 aromatic rings. The molecule has 0 fully saturated rings. The fourth-order valence-electron chi connectivity index (χ4n) is 2.67. The summed E-state index contributed by atoms with van der Waals surface area (Å²) in [5, 5.41) is 3.41. The van der Waals surface area contributed by atoms with Gasteiger partial charge in [0.25, 0.3) is 0 Å². The third-order valence-corrected chi connectivity index (χ3v) is 3.90. The minimum atomic E-state index is -4.68. The van der Waals surface area contributed by atoms with E-state index in [4.69, 9.17) is 14.9 Å². The van der Waals surface area contributed by atoms with Gasteiger partial charge in [-0.2, -0.15) is 18.3 Å². The highest BCUT2D eigenvalue weighted by Crippen LogP contribution is 2.40. The molecule has 0 unspecified atom stereocenters. The van der Waals surface area contributed by atoms with Crippen molar-refractivity contribution in [1.82, 2.24) is 14.8 Å². The SMILES string of the molecule is Cn1nc(C(F)(F)F)c(N)c1Oc1cccc2nc(-c3ccccc3)oc12. The van der Waals surface area contributed by atoms with Crippen LogP contribution in [-0.4, -0.2) is 14.8 Å². The largest absolute Gasteiger partial charge is 0.437 e. The maximum atomic E-state index is 13.0. The second-order valence-electron chi connectivity index (χ2n) is 5.78. The fourth-order valence-corrected chi connectivity index (χ4v) is 2.67. The third-order valence-electron chi connectivity index (χ3n) is 3.90. The standard InChI is InChI=1S/C18H13F3N4O2/c1-25-17(13(22)15(24-25)18(19,20)21)26-12-9-5-8-11-14(12)27-16(23-11)10-6-3-2-4-7-10/h2-9H,22H2,1H3. The van der Waals surface area contributed by atoms with E-state index < -0.39 is 17.6 Å². The van der Waals surface area contributed by atoms with Crippen LogP contribution in [0.1, 0.15) is 5.69 Å². The zero-order chi connectivity index (χ0) is 19.2. The zero-order valence-electron chi connectivity index (χ0n) is 14.0. The van der Waals surface area contributed by atoms with Crippen LogP contribution in [0.25, 0.3) is 22.6 Å². The molecule has 6 nitrogen and oxygen atoms in total. The predicted molar refractivity (Wildman–Crippen MR) is 92.1 cm³/mol. The molecule has 2 N–H and O–H groups in total. The molecule has 0 atom stereocenters. The van der Waals surface area contributed by atoms with Crippen molar-refractivity contribution in [2.45, 2.75) is 6.18 Å². The van der Waals surface area contributed by atoms with Crippen molar-refractivity contribution >= 4 is 16.8 Å². The van der Waals surface area contributed by atoms with Crippen LogP contribution in [0, 0.1) is 0 Å². The van der Waals surface area contributed by atoms with Crippen molar-refractivity contribution in [3.63, 3.8) is 0 Å². The highest BCUT2D eigenvalue weighted by Gasteiger charge is 2.39. The monoisotopic (exact) mass is 374 g/mol. The van der Waals surface area contributed by atoms with Gasteiger partial charge in [0, 0.05) is 12.6 Å². The number of hydrogen-bond acceptors (Lipinski definition) is 5. The first-order valence-electron chi connectivity index (χ1n) is 7.87. The molecular weight excluding hydrogens is 361 g/mol. The number of nitrogens with zero attached hydrogens (tertiary/aromatic N) is 3. The van der Waals surface area contributed by atoms with Crippen molar-refractivity contribution in [2.24, 2.45) is 7.05 Å². The van der Waals surface area contributed by atoms with E-state index in [-0.39, 0.29) is 11.6 Å². The van der Waals surface area contributed by atoms with Crippen molar-refractivity contribution < 1.29 is 22.3 Å². The number of nitrogens with two attached hydrogens (primary N) is 1. The summed E-state index contributed by atoms with van der Waals surface area (Å²) in [6.07, 6.45) is -4.68. The number of para-hydroxylation sites is 1. The molecule has 0 aliphatic rings. The molecule has 0 aliphatic heterocycles. The number of nitrogen functional groups attached to an aromatic ring is 1. The molecule has 2 heterocycles. The van der Waals surface area contributed by atoms with E-state index in [1.807, 2.05) is 30.3 Å². The average molecular weight is 374 g/mol. The van der Waals surface area contributed by atoms with Crippen LogP contribution < -0.4 is 10.5 Å². The van der Waals surface area contributed by atoms with Crippen LogP contribution in [0.4, 0.5) is 18.9 Å². The Hall–Kier alpha value is -3.49. The Kier molecular flexibility index (Phi) is 3.79. The van der Waals surface area contributed by atoms with Gasteiger partial charge >= 0.3 is 6.18 Å². The normalized spacial score (nSPS) is 11.9. The van der Waals surface area contributed by atoms with Crippen LogP contribution in [0.3, 0.4) is 0 Å². The summed E-state index contributed by atoms with van der Waals surface area (Å²) < 4.78 is 51.3. The topological polar surface area (TPSA) is 79.1 Å². The van der Waals surface area contributed by atoms with Gasteiger partial charge in [-0.3, -0.25) is 0 Å². The van der Waals surface area contributed by atoms with Gasteiger partial charge < -0.3 is 14.9 Å². The summed E-state index contributed by atoms with van der Waals surface area (Å²) in [5.41, 5.74) is 5.37. The number of fused-ring (bicyclic) bond motifs is 1. The van der Waals surface area contributed by atoms with Gasteiger partial charge in [-0.15, -0.1) is 0 Å². The second kappa shape index (κ2) is 6.04. The van der Waals surface area contributed by atoms with E-state index in [9.17, 15) is 13.2 Å². The predicted octanol–water partition coefficient (Wildman–Crippen LogP) is 4.62.